The molecule has 2 saturated carbocycles. The zero-order valence-corrected chi connectivity index (χ0v) is 39.3. The van der Waals surface area contributed by atoms with E-state index in [0.717, 1.165) is 51.4 Å². The summed E-state index contributed by atoms with van der Waals surface area (Å²) in [4.78, 5) is 54.4. The van der Waals surface area contributed by atoms with Crippen LogP contribution in [0.1, 0.15) is 147 Å². The number of aliphatic hydroxyl groups is 2. The van der Waals surface area contributed by atoms with Crippen LogP contribution < -0.4 is 11.5 Å². The van der Waals surface area contributed by atoms with Gasteiger partial charge in [-0.1, -0.05) is 113 Å². The van der Waals surface area contributed by atoms with Crippen LogP contribution in [0.2, 0.25) is 0 Å². The van der Waals surface area contributed by atoms with Crippen LogP contribution in [-0.4, -0.2) is 58.1 Å². The van der Waals surface area contributed by atoms with E-state index in [0.29, 0.717) is 56.6 Å². The van der Waals surface area contributed by atoms with Gasteiger partial charge >= 0.3 is 11.9 Å². The number of benzene rings is 4. The van der Waals surface area contributed by atoms with Crippen LogP contribution in [0.5, 0.6) is 0 Å². The van der Waals surface area contributed by atoms with Crippen LogP contribution in [0.15, 0.2) is 109 Å². The molecule has 4 aromatic rings. The molecular formula is C57H70N2O8. The van der Waals surface area contributed by atoms with Gasteiger partial charge in [-0.15, -0.1) is 0 Å². The molecule has 2 aliphatic carbocycles. The average Bonchev–Trinajstić information content (AvgIpc) is 3.35. The van der Waals surface area contributed by atoms with Crippen molar-refractivity contribution in [2.24, 2.45) is 17.3 Å². The third-order valence-corrected chi connectivity index (χ3v) is 13.9. The maximum Gasteiger partial charge on any atom is 0.338 e. The molecule has 6 rings (SSSR count). The van der Waals surface area contributed by atoms with Gasteiger partial charge in [-0.05, 0) is 159 Å². The highest BCUT2D eigenvalue weighted by molar-refractivity contribution is 6.01. The molecule has 10 heteroatoms. The van der Waals surface area contributed by atoms with Gasteiger partial charge in [-0.2, -0.15) is 0 Å². The summed E-state index contributed by atoms with van der Waals surface area (Å²) in [6.45, 7) is 4.41. The van der Waals surface area contributed by atoms with Crippen LogP contribution in [0.4, 0.5) is 11.4 Å². The van der Waals surface area contributed by atoms with Gasteiger partial charge in [0.1, 0.15) is 24.4 Å². The Hall–Kier alpha value is -5.84. The topological polar surface area (TPSA) is 179 Å². The van der Waals surface area contributed by atoms with Crippen molar-refractivity contribution in [3.8, 4) is 0 Å². The van der Waals surface area contributed by atoms with Crippen molar-refractivity contribution in [2.45, 2.75) is 141 Å². The molecule has 2 atom stereocenters. The van der Waals surface area contributed by atoms with Gasteiger partial charge < -0.3 is 31.2 Å². The number of esters is 2. The first kappa shape index (κ1) is 50.6. The van der Waals surface area contributed by atoms with Gasteiger partial charge in [0.05, 0.1) is 11.1 Å². The quantitative estimate of drug-likeness (QED) is 0.0337. The van der Waals surface area contributed by atoms with Gasteiger partial charge in [0.15, 0.2) is 11.6 Å². The number of rotatable bonds is 22. The molecule has 2 unspecified atom stereocenters. The zero-order valence-electron chi connectivity index (χ0n) is 39.3. The minimum absolute atomic E-state index is 0.0758. The SMILES string of the molecule is CCCCC1CCC(OC(=O)c2ccc(/C=C/C(=O)C(O)C(Cc3ccc(N)cc3)(Cc3ccc(N)cc3)C(O)C(=O)/C=C/c3ccc(C(=O)OC4CCC(CCCC)CC4)cc3)cc2)CC1. The number of nitrogens with two attached hydrogens (primary N) is 2. The molecule has 0 saturated heterocycles. The second-order valence-electron chi connectivity index (χ2n) is 19.0. The van der Waals surface area contributed by atoms with Crippen molar-refractivity contribution in [2.75, 3.05) is 11.5 Å². The fraction of sp³-hybridized carbons (Fsp3) is 0.439. The third-order valence-electron chi connectivity index (χ3n) is 13.9. The van der Waals surface area contributed by atoms with Crippen LogP contribution in [0.25, 0.3) is 12.2 Å². The molecule has 2 fully saturated rings. The molecule has 4 aromatic carbocycles. The van der Waals surface area contributed by atoms with Crippen LogP contribution in [-0.2, 0) is 31.9 Å². The van der Waals surface area contributed by atoms with E-state index in [1.165, 1.54) is 62.8 Å². The number of unbranched alkanes of at least 4 members (excludes halogenated alkanes) is 2. The smallest absolute Gasteiger partial charge is 0.338 e. The maximum atomic E-state index is 14.2. The molecule has 356 valence electrons. The number of ketones is 2. The first-order valence-corrected chi connectivity index (χ1v) is 24.5. The number of anilines is 2. The molecule has 6 N–H and O–H groups in total. The summed E-state index contributed by atoms with van der Waals surface area (Å²) in [5.41, 5.74) is 14.5. The Balaban J connectivity index is 1.17. The fourth-order valence-corrected chi connectivity index (χ4v) is 9.70. The Kier molecular flexibility index (Phi) is 18.7. The predicted octanol–water partition coefficient (Wildman–Crippen LogP) is 10.7. The second-order valence-corrected chi connectivity index (χ2v) is 19.0. The van der Waals surface area contributed by atoms with Crippen molar-refractivity contribution in [1.82, 2.24) is 0 Å². The molecular weight excluding hydrogens is 841 g/mol. The molecule has 0 radical (unpaired) electrons. The Morgan fingerprint density at radius 1 is 0.552 bits per heavy atom. The Morgan fingerprint density at radius 2 is 0.896 bits per heavy atom. The lowest BCUT2D eigenvalue weighted by Crippen LogP contribution is -2.54. The lowest BCUT2D eigenvalue weighted by Gasteiger charge is -2.40. The molecule has 2 aliphatic rings. The number of carbonyl (C=O) groups excluding carboxylic acids is 4. The Bertz CT molecular complexity index is 2110. The van der Waals surface area contributed by atoms with Crippen molar-refractivity contribution >= 4 is 47.0 Å². The van der Waals surface area contributed by atoms with Crippen molar-refractivity contribution < 1.29 is 38.9 Å². The van der Waals surface area contributed by atoms with E-state index in [4.69, 9.17) is 20.9 Å². The first-order chi connectivity index (χ1) is 32.3. The molecule has 67 heavy (non-hydrogen) atoms. The van der Waals surface area contributed by atoms with E-state index in [-0.39, 0.29) is 37.0 Å². The summed E-state index contributed by atoms with van der Waals surface area (Å²) in [5.74, 6) is -0.827. The van der Waals surface area contributed by atoms with Gasteiger partial charge in [0.25, 0.3) is 0 Å². The lowest BCUT2D eigenvalue weighted by molar-refractivity contribution is -0.146. The molecule has 0 aliphatic heterocycles. The number of ether oxygens (including phenoxy) is 2. The van der Waals surface area contributed by atoms with E-state index in [1.807, 2.05) is 0 Å². The molecule has 0 amide bonds. The minimum Gasteiger partial charge on any atom is -0.459 e. The highest BCUT2D eigenvalue weighted by atomic mass is 16.5. The van der Waals surface area contributed by atoms with Crippen LogP contribution in [0, 0.1) is 17.3 Å². The van der Waals surface area contributed by atoms with Gasteiger partial charge in [-0.3, -0.25) is 9.59 Å². The van der Waals surface area contributed by atoms with Gasteiger partial charge in [-0.25, -0.2) is 9.59 Å². The monoisotopic (exact) mass is 911 g/mol. The average molecular weight is 911 g/mol. The van der Waals surface area contributed by atoms with Crippen molar-refractivity contribution in [3.05, 3.63) is 143 Å². The summed E-state index contributed by atoms with van der Waals surface area (Å²) >= 11 is 0. The zero-order chi connectivity index (χ0) is 47.8. The first-order valence-electron chi connectivity index (χ1n) is 24.5. The molecule has 0 aromatic heterocycles. The number of carbonyl (C=O) groups is 4. The number of nitrogen functional groups attached to an aromatic ring is 2. The van der Waals surface area contributed by atoms with Crippen LogP contribution >= 0.6 is 0 Å². The number of hydrogen-bond donors (Lipinski definition) is 4. The molecule has 10 nitrogen and oxygen atoms in total. The van der Waals surface area contributed by atoms with E-state index < -0.39 is 29.2 Å². The maximum absolute atomic E-state index is 14.2. The van der Waals surface area contributed by atoms with Gasteiger partial charge in [0, 0.05) is 16.8 Å². The predicted molar refractivity (Wildman–Crippen MR) is 266 cm³/mol. The summed E-state index contributed by atoms with van der Waals surface area (Å²) < 4.78 is 11.7. The minimum atomic E-state index is -1.87. The highest BCUT2D eigenvalue weighted by Gasteiger charge is 2.49. The van der Waals surface area contributed by atoms with Crippen LogP contribution in [0.3, 0.4) is 0 Å². The van der Waals surface area contributed by atoms with Crippen molar-refractivity contribution in [3.63, 3.8) is 0 Å². The third kappa shape index (κ3) is 14.6. The Labute approximate surface area is 396 Å². The fourth-order valence-electron chi connectivity index (χ4n) is 9.70. The van der Waals surface area contributed by atoms with E-state index in [2.05, 4.69) is 13.8 Å². The van der Waals surface area contributed by atoms with Gasteiger partial charge in [0.2, 0.25) is 0 Å². The standard InChI is InChI=1S/C57H70N2O8/c1-3-5-7-39-17-31-49(32-18-39)66-55(64)45-23-9-41(10-24-45)21-35-51(60)53(62)57(37-43-13-27-47(58)28-14-43,38-44-15-29-48(59)30-16-44)54(63)52(61)36-22-42-11-25-46(26-12-42)56(65)67-50-33-19-40(20-34-50)8-6-4-2/h9-16,21-30,35-36,39-40,49-50,53-54,62-63H,3-8,17-20,31-34,37-38,58-59H2,1-2H3/b35-21+,36-22+. The highest BCUT2D eigenvalue weighted by Crippen LogP contribution is 2.38. The summed E-state index contributed by atoms with van der Waals surface area (Å²) in [6, 6.07) is 27.1. The van der Waals surface area contributed by atoms with E-state index in [1.54, 1.807) is 97.1 Å². The Morgan fingerprint density at radius 3 is 1.22 bits per heavy atom. The molecule has 0 spiro atoms. The van der Waals surface area contributed by atoms with E-state index >= 15 is 0 Å². The lowest BCUT2D eigenvalue weighted by atomic mass is 9.66. The number of hydrogen-bond acceptors (Lipinski definition) is 10. The largest absolute Gasteiger partial charge is 0.459 e. The number of aliphatic hydroxyl groups excluding tert-OH is 2. The molecule has 0 bridgehead atoms. The summed E-state index contributed by atoms with van der Waals surface area (Å²) in [6.07, 6.45) is 16.5. The molecule has 0 heterocycles. The second kappa shape index (κ2) is 24.8. The normalized spacial score (nSPS) is 19.8. The summed E-state index contributed by atoms with van der Waals surface area (Å²) in [7, 11) is 0. The summed E-state index contributed by atoms with van der Waals surface area (Å²) in [5, 5.41) is 24.5. The van der Waals surface area contributed by atoms with Crippen molar-refractivity contribution in [1.29, 1.82) is 0 Å². The van der Waals surface area contributed by atoms with E-state index in [9.17, 15) is 29.4 Å².